The fourth-order valence-electron chi connectivity index (χ4n) is 1.05. The van der Waals surface area contributed by atoms with E-state index in [1.165, 1.54) is 0 Å². The van der Waals surface area contributed by atoms with Crippen LogP contribution in [0.4, 0.5) is 5.82 Å². The monoisotopic (exact) mass is 209 g/mol. The molecule has 0 amide bonds. The summed E-state index contributed by atoms with van der Waals surface area (Å²) in [4.78, 5) is 4.06. The van der Waals surface area contributed by atoms with Gasteiger partial charge in [0.2, 0.25) is 0 Å². The Morgan fingerprint density at radius 2 is 2.36 bits per heavy atom. The Labute approximate surface area is 88.7 Å². The molecule has 74 valence electrons. The number of hydrogen-bond acceptors (Lipinski definition) is 3. The molecule has 0 spiro atoms. The lowest BCUT2D eigenvalue weighted by atomic mass is 10.3. The normalized spacial score (nSPS) is 9.50. The molecule has 3 nitrogen and oxygen atoms in total. The van der Waals surface area contributed by atoms with Gasteiger partial charge in [0.25, 0.3) is 0 Å². The maximum atomic E-state index is 8.69. The summed E-state index contributed by atoms with van der Waals surface area (Å²) in [6.45, 7) is 2.97. The maximum absolute atomic E-state index is 8.69. The van der Waals surface area contributed by atoms with Crippen LogP contribution in [0.5, 0.6) is 0 Å². The van der Waals surface area contributed by atoms with Crippen LogP contribution in [0, 0.1) is 11.3 Å². The molecule has 0 aromatic carbocycles. The van der Waals surface area contributed by atoms with E-state index in [4.69, 9.17) is 16.9 Å². The highest BCUT2D eigenvalue weighted by Gasteiger charge is 1.99. The molecule has 0 bridgehead atoms. The average molecular weight is 210 g/mol. The molecule has 0 aliphatic heterocycles. The molecule has 4 heteroatoms. The van der Waals surface area contributed by atoms with Crippen molar-refractivity contribution >= 4 is 17.4 Å². The summed E-state index contributed by atoms with van der Waals surface area (Å²) in [6.07, 6.45) is 2.20. The standard InChI is InChI=1S/C10H12ClN3/c1-2-3-4-13-10-6-8(7-12)5-9(11)14-10/h5-6H,2-4H2,1H3,(H,13,14). The van der Waals surface area contributed by atoms with Crippen molar-refractivity contribution in [3.8, 4) is 6.07 Å². The lowest BCUT2D eigenvalue weighted by Crippen LogP contribution is -2.03. The molecule has 14 heavy (non-hydrogen) atoms. The van der Waals surface area contributed by atoms with Gasteiger partial charge in [-0.2, -0.15) is 5.26 Å². The number of nitriles is 1. The number of rotatable bonds is 4. The van der Waals surface area contributed by atoms with Crippen LogP contribution in [0.2, 0.25) is 5.15 Å². The molecule has 1 aromatic heterocycles. The van der Waals surface area contributed by atoms with Crippen molar-refractivity contribution in [2.24, 2.45) is 0 Å². The lowest BCUT2D eigenvalue weighted by Gasteiger charge is -2.04. The van der Waals surface area contributed by atoms with Crippen molar-refractivity contribution in [2.45, 2.75) is 19.8 Å². The van der Waals surface area contributed by atoms with Gasteiger partial charge >= 0.3 is 0 Å². The summed E-state index contributed by atoms with van der Waals surface area (Å²) in [5, 5.41) is 12.2. The van der Waals surface area contributed by atoms with Gasteiger partial charge < -0.3 is 5.32 Å². The quantitative estimate of drug-likeness (QED) is 0.613. The summed E-state index contributed by atoms with van der Waals surface area (Å²) in [6, 6.07) is 5.28. The van der Waals surface area contributed by atoms with E-state index in [9.17, 15) is 0 Å². The van der Waals surface area contributed by atoms with Crippen molar-refractivity contribution in [1.82, 2.24) is 4.98 Å². The Morgan fingerprint density at radius 1 is 1.57 bits per heavy atom. The Balaban J connectivity index is 2.68. The molecule has 0 atom stereocenters. The summed E-state index contributed by atoms with van der Waals surface area (Å²) in [5.41, 5.74) is 0.531. The predicted molar refractivity (Wildman–Crippen MR) is 57.4 cm³/mol. The smallest absolute Gasteiger partial charge is 0.132 e. The molecule has 0 aliphatic carbocycles. The minimum atomic E-state index is 0.350. The van der Waals surface area contributed by atoms with Crippen LogP contribution in [-0.4, -0.2) is 11.5 Å². The molecular weight excluding hydrogens is 198 g/mol. The summed E-state index contributed by atoms with van der Waals surface area (Å²) < 4.78 is 0. The molecule has 1 aromatic rings. The molecular formula is C10H12ClN3. The van der Waals surface area contributed by atoms with E-state index in [0.29, 0.717) is 16.5 Å². The van der Waals surface area contributed by atoms with Gasteiger partial charge in [-0.05, 0) is 18.6 Å². The second kappa shape index (κ2) is 5.46. The molecule has 1 N–H and O–H groups in total. The van der Waals surface area contributed by atoms with Crippen LogP contribution in [0.15, 0.2) is 12.1 Å². The Hall–Kier alpha value is -1.27. The van der Waals surface area contributed by atoms with Crippen molar-refractivity contribution in [2.75, 3.05) is 11.9 Å². The number of unbranched alkanes of at least 4 members (excludes halogenated alkanes) is 1. The Morgan fingerprint density at radius 3 is 3.00 bits per heavy atom. The molecule has 0 fully saturated rings. The minimum absolute atomic E-state index is 0.350. The molecule has 0 radical (unpaired) electrons. The SMILES string of the molecule is CCCCNc1cc(C#N)cc(Cl)n1. The first-order chi connectivity index (χ1) is 6.76. The number of nitrogens with zero attached hydrogens (tertiary/aromatic N) is 2. The summed E-state index contributed by atoms with van der Waals surface area (Å²) in [7, 11) is 0. The third-order valence-corrected chi connectivity index (χ3v) is 1.95. The highest BCUT2D eigenvalue weighted by atomic mass is 35.5. The van der Waals surface area contributed by atoms with Crippen molar-refractivity contribution in [1.29, 1.82) is 5.26 Å². The first-order valence-electron chi connectivity index (χ1n) is 4.58. The molecule has 0 unspecified atom stereocenters. The molecule has 1 heterocycles. The number of hydrogen-bond donors (Lipinski definition) is 1. The van der Waals surface area contributed by atoms with Crippen LogP contribution >= 0.6 is 11.6 Å². The molecule has 0 saturated carbocycles. The minimum Gasteiger partial charge on any atom is -0.370 e. The third kappa shape index (κ3) is 3.23. The second-order valence-corrected chi connectivity index (χ2v) is 3.34. The Kier molecular flexibility index (Phi) is 4.21. The number of pyridine rings is 1. The van der Waals surface area contributed by atoms with E-state index in [1.54, 1.807) is 12.1 Å². The zero-order chi connectivity index (χ0) is 10.4. The van der Waals surface area contributed by atoms with Gasteiger partial charge in [-0.1, -0.05) is 24.9 Å². The van der Waals surface area contributed by atoms with Gasteiger partial charge in [-0.3, -0.25) is 0 Å². The zero-order valence-electron chi connectivity index (χ0n) is 8.05. The maximum Gasteiger partial charge on any atom is 0.132 e. The number of aromatic nitrogens is 1. The van der Waals surface area contributed by atoms with Crippen LogP contribution in [-0.2, 0) is 0 Å². The van der Waals surface area contributed by atoms with Crippen LogP contribution in [0.25, 0.3) is 0 Å². The van der Waals surface area contributed by atoms with Gasteiger partial charge in [-0.15, -0.1) is 0 Å². The molecule has 1 rings (SSSR count). The van der Waals surface area contributed by atoms with E-state index < -0.39 is 0 Å². The van der Waals surface area contributed by atoms with Gasteiger partial charge in [-0.25, -0.2) is 4.98 Å². The number of halogens is 1. The first kappa shape index (κ1) is 10.8. The van der Waals surface area contributed by atoms with E-state index in [1.807, 2.05) is 6.07 Å². The first-order valence-corrected chi connectivity index (χ1v) is 4.95. The highest BCUT2D eigenvalue weighted by molar-refractivity contribution is 6.29. The lowest BCUT2D eigenvalue weighted by molar-refractivity contribution is 0.831. The number of anilines is 1. The van der Waals surface area contributed by atoms with Gasteiger partial charge in [0.15, 0.2) is 0 Å². The summed E-state index contributed by atoms with van der Waals surface area (Å²) in [5.74, 6) is 0.669. The topological polar surface area (TPSA) is 48.7 Å². The Bertz CT molecular complexity index is 344. The fourth-order valence-corrected chi connectivity index (χ4v) is 1.25. The van der Waals surface area contributed by atoms with Crippen LogP contribution in [0.3, 0.4) is 0 Å². The van der Waals surface area contributed by atoms with Crippen molar-refractivity contribution in [3.63, 3.8) is 0 Å². The summed E-state index contributed by atoms with van der Waals surface area (Å²) >= 11 is 5.74. The van der Waals surface area contributed by atoms with Gasteiger partial charge in [0.05, 0.1) is 11.6 Å². The molecule has 0 saturated heterocycles. The molecule has 0 aliphatic rings. The number of nitrogens with one attached hydrogen (secondary N) is 1. The predicted octanol–water partition coefficient (Wildman–Crippen LogP) is 2.82. The van der Waals surface area contributed by atoms with E-state index in [2.05, 4.69) is 17.2 Å². The average Bonchev–Trinajstić information content (AvgIpc) is 2.17. The zero-order valence-corrected chi connectivity index (χ0v) is 8.80. The van der Waals surface area contributed by atoms with Crippen LogP contribution < -0.4 is 5.32 Å². The fraction of sp³-hybridized carbons (Fsp3) is 0.400. The largest absolute Gasteiger partial charge is 0.370 e. The van der Waals surface area contributed by atoms with E-state index in [0.717, 1.165) is 19.4 Å². The second-order valence-electron chi connectivity index (χ2n) is 2.96. The van der Waals surface area contributed by atoms with Crippen molar-refractivity contribution in [3.05, 3.63) is 22.8 Å². The van der Waals surface area contributed by atoms with Gasteiger partial charge in [0, 0.05) is 6.54 Å². The van der Waals surface area contributed by atoms with E-state index in [-0.39, 0.29) is 0 Å². The third-order valence-electron chi connectivity index (χ3n) is 1.76. The highest BCUT2D eigenvalue weighted by Crippen LogP contribution is 2.13. The van der Waals surface area contributed by atoms with Crippen LogP contribution in [0.1, 0.15) is 25.3 Å². The van der Waals surface area contributed by atoms with Crippen molar-refractivity contribution < 1.29 is 0 Å². The van der Waals surface area contributed by atoms with E-state index >= 15 is 0 Å². The van der Waals surface area contributed by atoms with Gasteiger partial charge in [0.1, 0.15) is 11.0 Å².